The number of aliphatic hydroxyl groups is 4. The summed E-state index contributed by atoms with van der Waals surface area (Å²) >= 11 is 0. The van der Waals surface area contributed by atoms with E-state index in [0.29, 0.717) is 68.2 Å². The Bertz CT molecular complexity index is 2560. The van der Waals surface area contributed by atoms with Gasteiger partial charge in [0.1, 0.15) is 17.6 Å². The number of allylic oxidation sites excluding steroid dienone is 1. The normalized spacial score (nSPS) is 33.0. The van der Waals surface area contributed by atoms with Gasteiger partial charge in [-0.05, 0) is 171 Å². The minimum atomic E-state index is -4.93. The quantitative estimate of drug-likeness (QED) is 0.0365. The first-order chi connectivity index (χ1) is 32.6. The summed E-state index contributed by atoms with van der Waals surface area (Å²) in [5.74, 6) is 4.75. The second-order valence-corrected chi connectivity index (χ2v) is 22.6. The second kappa shape index (κ2) is 21.3. The monoisotopic (exact) mass is 973 g/mol. The van der Waals surface area contributed by atoms with Crippen LogP contribution >= 0.6 is 0 Å². The number of hydrogen-bond acceptors (Lipinski definition) is 11. The molecular formula is C54H68N3NaO10S. The van der Waals surface area contributed by atoms with Crippen LogP contribution in [0.3, 0.4) is 0 Å². The number of hydrogen-bond donors (Lipinski definition) is 7. The molecule has 10 bridgehead atoms. The van der Waals surface area contributed by atoms with E-state index in [1.807, 2.05) is 54.6 Å². The Kier molecular flexibility index (Phi) is 16.0. The van der Waals surface area contributed by atoms with E-state index >= 15 is 0 Å². The van der Waals surface area contributed by atoms with Gasteiger partial charge in [0, 0.05) is 49.4 Å². The molecule has 0 aromatic heterocycles. The number of phenolic OH excluding ortho intramolecular Hbond substituents is 1. The number of aromatic hydroxyl groups is 1. The van der Waals surface area contributed by atoms with Crippen molar-refractivity contribution in [3.8, 4) is 23.3 Å². The topological polar surface area (TPSA) is 241 Å². The molecule has 13 nitrogen and oxygen atoms in total. The molecule has 15 heteroatoms. The van der Waals surface area contributed by atoms with Crippen molar-refractivity contribution in [3.05, 3.63) is 106 Å². The Morgan fingerprint density at radius 2 is 1.77 bits per heavy atom. The molecule has 5 aliphatic heterocycles. The van der Waals surface area contributed by atoms with Gasteiger partial charge in [0.15, 0.2) is 5.96 Å². The largest absolute Gasteiger partial charge is 1.00 e. The predicted octanol–water partition coefficient (Wildman–Crippen LogP) is 3.51. The Labute approximate surface area is 429 Å². The fraction of sp³-hybridized carbons (Fsp3) is 0.574. The maximum Gasteiger partial charge on any atom is 1.00 e. The summed E-state index contributed by atoms with van der Waals surface area (Å²) in [5, 5.41) is 52.5. The zero-order valence-electron chi connectivity index (χ0n) is 40.0. The van der Waals surface area contributed by atoms with Gasteiger partial charge in [0.05, 0.1) is 27.1 Å². The average Bonchev–Trinajstić information content (AvgIpc) is 3.63. The molecule has 9 N–H and O–H groups in total. The van der Waals surface area contributed by atoms with Gasteiger partial charge >= 0.3 is 29.6 Å². The molecule has 0 unspecified atom stereocenters. The van der Waals surface area contributed by atoms with Gasteiger partial charge in [-0.3, -0.25) is 0 Å². The third kappa shape index (κ3) is 10.8. The number of aryl methyl sites for hydroxylation is 1. The molecule has 69 heavy (non-hydrogen) atoms. The Hall–Kier alpha value is -3.46. The predicted molar refractivity (Wildman–Crippen MR) is 257 cm³/mol. The molecule has 3 aromatic carbocycles. The van der Waals surface area contributed by atoms with Crippen LogP contribution in [0.1, 0.15) is 142 Å². The van der Waals surface area contributed by atoms with E-state index in [1.165, 1.54) is 0 Å². The summed E-state index contributed by atoms with van der Waals surface area (Å²) in [6.07, 6.45) is 8.28. The fourth-order valence-corrected chi connectivity index (χ4v) is 14.5. The summed E-state index contributed by atoms with van der Waals surface area (Å²) in [5.41, 5.74) is 15.6. The first-order valence-corrected chi connectivity index (χ1v) is 26.3. The summed E-state index contributed by atoms with van der Waals surface area (Å²) in [7, 11) is -4.93. The van der Waals surface area contributed by atoms with Gasteiger partial charge in [-0.2, -0.15) is 0 Å². The Morgan fingerprint density at radius 1 is 0.986 bits per heavy atom. The van der Waals surface area contributed by atoms with E-state index in [-0.39, 0.29) is 116 Å². The zero-order valence-corrected chi connectivity index (χ0v) is 42.8. The van der Waals surface area contributed by atoms with E-state index in [0.717, 1.165) is 47.1 Å². The molecule has 13 atom stereocenters. The molecule has 11 rings (SSSR count). The molecule has 0 amide bonds. The van der Waals surface area contributed by atoms with Crippen molar-refractivity contribution in [2.24, 2.45) is 52.0 Å². The van der Waals surface area contributed by atoms with Crippen LogP contribution in [0.5, 0.6) is 11.5 Å². The average molecular weight is 974 g/mol. The molecule has 0 radical (unpaired) electrons. The van der Waals surface area contributed by atoms with Crippen molar-refractivity contribution in [2.45, 2.75) is 137 Å². The minimum Gasteiger partial charge on any atom is -0.748 e. The van der Waals surface area contributed by atoms with Crippen molar-refractivity contribution in [2.75, 3.05) is 19.8 Å². The van der Waals surface area contributed by atoms with Gasteiger partial charge < -0.3 is 51.0 Å². The number of guanidine groups is 1. The van der Waals surface area contributed by atoms with Crippen molar-refractivity contribution in [1.82, 2.24) is 0 Å². The summed E-state index contributed by atoms with van der Waals surface area (Å²) in [4.78, 5) is 4.92. The van der Waals surface area contributed by atoms with Crippen molar-refractivity contribution < 1.29 is 77.5 Å². The van der Waals surface area contributed by atoms with Crippen LogP contribution in [0.4, 0.5) is 0 Å². The number of aliphatic imine (C=N–C) groups is 1. The molecular weight excluding hydrogens is 906 g/mol. The number of phenols is 1. The van der Waals surface area contributed by atoms with E-state index in [9.17, 15) is 38.5 Å². The Morgan fingerprint density at radius 3 is 2.49 bits per heavy atom. The smallest absolute Gasteiger partial charge is 0.748 e. The molecule has 0 spiro atoms. The Balaban J connectivity index is 0.00000642. The number of aliphatic hydroxyl groups excluding tert-OH is 3. The van der Waals surface area contributed by atoms with Crippen LogP contribution in [0, 0.1) is 47.3 Å². The van der Waals surface area contributed by atoms with E-state index in [4.69, 9.17) is 25.9 Å². The number of benzene rings is 3. The van der Waals surface area contributed by atoms with Crippen LogP contribution in [-0.2, 0) is 27.0 Å². The number of nitrogens with zero attached hydrogens (tertiary/aromatic N) is 1. The molecule has 5 heterocycles. The molecule has 2 fully saturated rings. The molecule has 1 saturated heterocycles. The molecule has 8 aliphatic rings. The molecule has 3 aliphatic carbocycles. The van der Waals surface area contributed by atoms with Crippen molar-refractivity contribution >= 4 is 16.1 Å². The third-order valence-corrected chi connectivity index (χ3v) is 18.0. The number of rotatable bonds is 11. The zero-order chi connectivity index (χ0) is 48.0. The molecule has 366 valence electrons. The van der Waals surface area contributed by atoms with Crippen LogP contribution in [0.2, 0.25) is 0 Å². The SMILES string of the molecule is C[C@@H]1CCc2cc3ccc2[C@H]1C[C@@H](S(=O)(=O)[O-])[C@H]1C=C2C[C@H](C[C@H]4C[C@@H](CO)CC#Cc5cc(O)ccc5[C@@H]2O4)[C@@H]1c1ccc(cc1)[C@](C[C@@H](CCO)[C@]1(O)CC[C@H](CCCO)C1)(N=C(N)N)O3.[Na+]. The van der Waals surface area contributed by atoms with Crippen molar-refractivity contribution in [3.63, 3.8) is 0 Å². The summed E-state index contributed by atoms with van der Waals surface area (Å²) in [6, 6.07) is 18.6. The minimum absolute atomic E-state index is 0. The van der Waals surface area contributed by atoms with E-state index in [1.54, 1.807) is 12.1 Å². The first kappa shape index (κ1) is 51.9. The van der Waals surface area contributed by atoms with Crippen molar-refractivity contribution in [1.29, 1.82) is 0 Å². The third-order valence-electron chi connectivity index (χ3n) is 16.7. The van der Waals surface area contributed by atoms with Crippen LogP contribution < -0.4 is 45.8 Å². The second-order valence-electron chi connectivity index (χ2n) is 21.0. The summed E-state index contributed by atoms with van der Waals surface area (Å²) < 4.78 is 56.6. The summed E-state index contributed by atoms with van der Waals surface area (Å²) in [6.45, 7) is 1.93. The standard InChI is InChI=1S/C54H69N3O10S.Na/c1-32-7-8-37-25-43-14-16-45(37)47(32)28-49(68(63,64)65)48-27-39-23-38(26-44-22-34(31-60)4-2-6-36-24-42(61)13-15-46(36)51(39)66-44)50(48)35-9-11-40(12-10-35)54(67-43,57-52(55)56)30-41(18-21-59)53(62)19-17-33(29-53)5-3-20-58;/h9-16,24-25,27,32-34,38,41,44,47-51,58-62H,3-5,7-8,17-23,26,28-31H2,1H3,(H4,55,56,57)(H,63,64,65);/q;+1/p-1/t32-,33+,34+,38-,41-,44-,47+,48-,49-,50+,51-,53+,54-;/m1./s1. The number of fused-ring (bicyclic) bond motifs is 9. The van der Waals surface area contributed by atoms with Gasteiger partial charge in [-0.1, -0.05) is 61.2 Å². The van der Waals surface area contributed by atoms with Gasteiger partial charge in [-0.25, -0.2) is 13.4 Å². The van der Waals surface area contributed by atoms with E-state index < -0.39 is 50.6 Å². The van der Waals surface area contributed by atoms with Gasteiger partial charge in [0.2, 0.25) is 5.72 Å². The maximum absolute atomic E-state index is 14.1. The van der Waals surface area contributed by atoms with Crippen LogP contribution in [0.25, 0.3) is 0 Å². The fourth-order valence-electron chi connectivity index (χ4n) is 13.4. The maximum atomic E-state index is 14.1. The number of nitrogens with two attached hydrogens (primary N) is 2. The van der Waals surface area contributed by atoms with Gasteiger partial charge in [-0.15, -0.1) is 0 Å². The molecule has 1 saturated carbocycles. The van der Waals surface area contributed by atoms with Crippen LogP contribution in [0.15, 0.2) is 77.3 Å². The molecule has 3 aromatic rings. The first-order valence-electron chi connectivity index (χ1n) is 24.8. The van der Waals surface area contributed by atoms with Gasteiger partial charge in [0.25, 0.3) is 0 Å². The number of ether oxygens (including phenoxy) is 2. The van der Waals surface area contributed by atoms with E-state index in [2.05, 4.69) is 18.8 Å². The van der Waals surface area contributed by atoms with Crippen LogP contribution in [-0.4, -0.2) is 81.2 Å².